The van der Waals surface area contributed by atoms with Crippen molar-refractivity contribution >= 4 is 12.2 Å². The fourth-order valence-electron chi connectivity index (χ4n) is 2.14. The Morgan fingerprint density at radius 2 is 1.89 bits per heavy atom. The molecule has 28 heavy (non-hydrogen) atoms. The van der Waals surface area contributed by atoms with Crippen LogP contribution in [0.3, 0.4) is 0 Å². The molecule has 2 rings (SSSR count). The Morgan fingerprint density at radius 1 is 1.21 bits per heavy atom. The van der Waals surface area contributed by atoms with Crippen LogP contribution in [0.15, 0.2) is 30.3 Å². The molecule has 1 aromatic carbocycles. The number of carboxylic acid groups (broad SMARTS) is 1. The molecule has 11 heteroatoms. The molecular formula is C17H18F3N3O5. The van der Waals surface area contributed by atoms with Crippen LogP contribution < -0.4 is 10.1 Å². The SMILES string of the molecule is CC(C)(C)OC(=O)NCc1cccc(-n2nc(C(F)(F)F)cc2OC(=O)O)c1. The van der Waals surface area contributed by atoms with Crippen LogP contribution in [0.2, 0.25) is 0 Å². The summed E-state index contributed by atoms with van der Waals surface area (Å²) in [6.07, 6.45) is -7.22. The van der Waals surface area contributed by atoms with Crippen LogP contribution >= 0.6 is 0 Å². The summed E-state index contributed by atoms with van der Waals surface area (Å²) in [4.78, 5) is 22.5. The molecule has 0 saturated heterocycles. The summed E-state index contributed by atoms with van der Waals surface area (Å²) in [5.41, 5.74) is -1.34. The summed E-state index contributed by atoms with van der Waals surface area (Å²) in [5, 5.41) is 14.6. The van der Waals surface area contributed by atoms with Gasteiger partial charge in [-0.1, -0.05) is 12.1 Å². The number of alkyl halides is 3. The molecule has 0 aliphatic rings. The summed E-state index contributed by atoms with van der Waals surface area (Å²) in [6.45, 7) is 5.14. The van der Waals surface area contributed by atoms with Crippen LogP contribution in [0.1, 0.15) is 32.0 Å². The fraction of sp³-hybridized carbons (Fsp3) is 0.353. The summed E-state index contributed by atoms with van der Waals surface area (Å²) in [5.74, 6) is -0.614. The predicted molar refractivity (Wildman–Crippen MR) is 90.3 cm³/mol. The van der Waals surface area contributed by atoms with Crippen LogP contribution in [0.4, 0.5) is 22.8 Å². The summed E-state index contributed by atoms with van der Waals surface area (Å²) >= 11 is 0. The molecule has 1 heterocycles. The number of rotatable bonds is 4. The first kappa shape index (κ1) is 21.1. The van der Waals surface area contributed by atoms with Gasteiger partial charge in [-0.05, 0) is 38.5 Å². The lowest BCUT2D eigenvalue weighted by Gasteiger charge is -2.19. The maximum Gasteiger partial charge on any atom is 0.512 e. The van der Waals surface area contributed by atoms with Crippen LogP contribution in [-0.4, -0.2) is 32.7 Å². The average molecular weight is 401 g/mol. The number of amides is 1. The predicted octanol–water partition coefficient (Wildman–Crippen LogP) is 3.97. The minimum absolute atomic E-state index is 0.0330. The molecule has 0 spiro atoms. The van der Waals surface area contributed by atoms with E-state index in [1.165, 1.54) is 18.2 Å². The Hall–Kier alpha value is -3.24. The number of ether oxygens (including phenoxy) is 2. The Balaban J connectivity index is 2.26. The van der Waals surface area contributed by atoms with Gasteiger partial charge < -0.3 is 19.9 Å². The zero-order chi connectivity index (χ0) is 21.1. The molecule has 1 amide bonds. The Bertz CT molecular complexity index is 872. The number of carbonyl (C=O) groups is 2. The highest BCUT2D eigenvalue weighted by molar-refractivity contribution is 5.67. The molecule has 0 radical (unpaired) electrons. The van der Waals surface area contributed by atoms with Crippen molar-refractivity contribution in [3.05, 3.63) is 41.6 Å². The summed E-state index contributed by atoms with van der Waals surface area (Å²) < 4.78 is 49.0. The van der Waals surface area contributed by atoms with Gasteiger partial charge in [0.2, 0.25) is 5.88 Å². The maximum absolute atomic E-state index is 12.9. The normalized spacial score (nSPS) is 11.8. The third kappa shape index (κ3) is 5.89. The third-order valence-corrected chi connectivity index (χ3v) is 3.15. The van der Waals surface area contributed by atoms with Crippen molar-refractivity contribution in [2.75, 3.05) is 0 Å². The Labute approximate surface area is 157 Å². The number of nitrogens with one attached hydrogen (secondary N) is 1. The van der Waals surface area contributed by atoms with E-state index in [0.717, 1.165) is 0 Å². The lowest BCUT2D eigenvalue weighted by molar-refractivity contribution is -0.141. The molecule has 0 saturated carbocycles. The second-order valence-corrected chi connectivity index (χ2v) is 6.67. The number of halogens is 3. The number of alkyl carbamates (subject to hydrolysis) is 1. The van der Waals surface area contributed by atoms with E-state index in [1.807, 2.05) is 0 Å². The van der Waals surface area contributed by atoms with Gasteiger partial charge in [-0.2, -0.15) is 23.0 Å². The fourth-order valence-corrected chi connectivity index (χ4v) is 2.14. The first-order valence-corrected chi connectivity index (χ1v) is 7.99. The number of aromatic nitrogens is 2. The number of benzene rings is 1. The number of hydrogen-bond donors (Lipinski definition) is 2. The lowest BCUT2D eigenvalue weighted by Crippen LogP contribution is -2.32. The zero-order valence-electron chi connectivity index (χ0n) is 15.2. The molecule has 2 aromatic rings. The van der Waals surface area contributed by atoms with Crippen molar-refractivity contribution in [3.8, 4) is 11.6 Å². The van der Waals surface area contributed by atoms with E-state index >= 15 is 0 Å². The van der Waals surface area contributed by atoms with Gasteiger partial charge in [-0.25, -0.2) is 9.59 Å². The van der Waals surface area contributed by atoms with Crippen molar-refractivity contribution in [1.82, 2.24) is 15.1 Å². The molecule has 152 valence electrons. The van der Waals surface area contributed by atoms with Gasteiger partial charge in [0.15, 0.2) is 5.69 Å². The van der Waals surface area contributed by atoms with Crippen LogP contribution in [-0.2, 0) is 17.5 Å². The minimum Gasteiger partial charge on any atom is -0.449 e. The largest absolute Gasteiger partial charge is 0.512 e. The van der Waals surface area contributed by atoms with Gasteiger partial charge >= 0.3 is 18.4 Å². The number of nitrogens with zero attached hydrogens (tertiary/aromatic N) is 2. The second-order valence-electron chi connectivity index (χ2n) is 6.67. The zero-order valence-corrected chi connectivity index (χ0v) is 15.2. The quantitative estimate of drug-likeness (QED) is 0.752. The first-order chi connectivity index (χ1) is 12.8. The first-order valence-electron chi connectivity index (χ1n) is 7.99. The van der Waals surface area contributed by atoms with Gasteiger partial charge in [0, 0.05) is 12.6 Å². The molecule has 0 bridgehead atoms. The van der Waals surface area contributed by atoms with Gasteiger partial charge in [0.05, 0.1) is 5.69 Å². The molecule has 0 aliphatic carbocycles. The van der Waals surface area contributed by atoms with E-state index in [1.54, 1.807) is 26.8 Å². The van der Waals surface area contributed by atoms with Gasteiger partial charge in [-0.3, -0.25) is 0 Å². The van der Waals surface area contributed by atoms with Crippen molar-refractivity contribution in [1.29, 1.82) is 0 Å². The molecule has 0 aliphatic heterocycles. The van der Waals surface area contributed by atoms with E-state index in [-0.39, 0.29) is 12.2 Å². The molecule has 2 N–H and O–H groups in total. The lowest BCUT2D eigenvalue weighted by atomic mass is 10.2. The second kappa shape index (κ2) is 7.79. The molecule has 1 aromatic heterocycles. The van der Waals surface area contributed by atoms with E-state index in [4.69, 9.17) is 9.84 Å². The summed E-state index contributed by atoms with van der Waals surface area (Å²) in [7, 11) is 0. The molecular weight excluding hydrogens is 383 g/mol. The van der Waals surface area contributed by atoms with E-state index in [9.17, 15) is 22.8 Å². The standard InChI is InChI=1S/C17H18F3N3O5/c1-16(2,3)28-14(24)21-9-10-5-4-6-11(7-10)23-13(27-15(25)26)8-12(22-23)17(18,19)20/h4-8H,9H2,1-3H3,(H,21,24)(H,25,26). The highest BCUT2D eigenvalue weighted by atomic mass is 19.4. The number of hydrogen-bond acceptors (Lipinski definition) is 5. The maximum atomic E-state index is 12.9. The van der Waals surface area contributed by atoms with Gasteiger partial charge in [-0.15, -0.1) is 0 Å². The Kier molecular flexibility index (Phi) is 5.86. The van der Waals surface area contributed by atoms with Crippen molar-refractivity contribution < 1.29 is 37.3 Å². The molecule has 8 nitrogen and oxygen atoms in total. The monoisotopic (exact) mass is 401 g/mol. The minimum atomic E-state index is -4.78. The highest BCUT2D eigenvalue weighted by Gasteiger charge is 2.36. The molecule has 0 atom stereocenters. The van der Waals surface area contributed by atoms with Crippen molar-refractivity contribution in [3.63, 3.8) is 0 Å². The third-order valence-electron chi connectivity index (χ3n) is 3.15. The smallest absolute Gasteiger partial charge is 0.449 e. The number of carbonyl (C=O) groups excluding carboxylic acids is 1. The topological polar surface area (TPSA) is 103 Å². The van der Waals surface area contributed by atoms with Crippen LogP contribution in [0, 0.1) is 0 Å². The van der Waals surface area contributed by atoms with E-state index in [2.05, 4.69) is 15.2 Å². The van der Waals surface area contributed by atoms with Crippen LogP contribution in [0.25, 0.3) is 5.69 Å². The van der Waals surface area contributed by atoms with Crippen molar-refractivity contribution in [2.45, 2.75) is 39.1 Å². The van der Waals surface area contributed by atoms with Gasteiger partial charge in [0.1, 0.15) is 5.60 Å². The Morgan fingerprint density at radius 3 is 2.46 bits per heavy atom. The molecule has 0 unspecified atom stereocenters. The van der Waals surface area contributed by atoms with E-state index < -0.39 is 35.6 Å². The van der Waals surface area contributed by atoms with Crippen molar-refractivity contribution in [2.24, 2.45) is 0 Å². The average Bonchev–Trinajstić information content (AvgIpc) is 2.95. The molecule has 0 fully saturated rings. The van der Waals surface area contributed by atoms with Gasteiger partial charge in [0.25, 0.3) is 0 Å². The van der Waals surface area contributed by atoms with Crippen LogP contribution in [0.5, 0.6) is 5.88 Å². The highest BCUT2D eigenvalue weighted by Crippen LogP contribution is 2.32. The summed E-state index contributed by atoms with van der Waals surface area (Å²) in [6, 6.07) is 6.46. The van der Waals surface area contributed by atoms with E-state index in [0.29, 0.717) is 16.3 Å².